The van der Waals surface area contributed by atoms with Gasteiger partial charge in [-0.3, -0.25) is 4.79 Å². The number of rotatable bonds is 7. The zero-order valence-electron chi connectivity index (χ0n) is 18.0. The zero-order chi connectivity index (χ0) is 23.4. The van der Waals surface area contributed by atoms with Crippen molar-refractivity contribution in [2.75, 3.05) is 11.9 Å². The van der Waals surface area contributed by atoms with E-state index in [0.29, 0.717) is 22.2 Å². The average Bonchev–Trinajstić information content (AvgIpc) is 3.22. The van der Waals surface area contributed by atoms with Crippen LogP contribution in [-0.4, -0.2) is 28.3 Å². The molecule has 2 heterocycles. The smallest absolute Gasteiger partial charge is 0.362 e. The maximum absolute atomic E-state index is 12.4. The second kappa shape index (κ2) is 9.39. The van der Waals surface area contributed by atoms with Crippen molar-refractivity contribution >= 4 is 28.5 Å². The first-order valence-electron chi connectivity index (χ1n) is 10.2. The highest BCUT2D eigenvalue weighted by atomic mass is 16.5. The number of para-hydroxylation sites is 1. The van der Waals surface area contributed by atoms with Crippen molar-refractivity contribution in [1.29, 1.82) is 0 Å². The van der Waals surface area contributed by atoms with Crippen LogP contribution in [0, 0.1) is 0 Å². The third-order valence-corrected chi connectivity index (χ3v) is 4.70. The lowest BCUT2D eigenvalue weighted by Crippen LogP contribution is -2.09. The number of amides is 1. The van der Waals surface area contributed by atoms with Crippen LogP contribution < -0.4 is 15.7 Å². The Bertz CT molecular complexity index is 1370. The fourth-order valence-corrected chi connectivity index (χ4v) is 3.30. The molecule has 0 radical (unpaired) electrons. The number of nitrogens with zero attached hydrogens (tertiary/aromatic N) is 2. The Balaban J connectivity index is 1.67. The second-order valence-electron chi connectivity index (χ2n) is 7.11. The predicted molar refractivity (Wildman–Crippen MR) is 121 cm³/mol. The number of ether oxygens (including phenoxy) is 2. The van der Waals surface area contributed by atoms with Crippen LogP contribution in [0.5, 0.6) is 5.75 Å². The first-order chi connectivity index (χ1) is 15.9. The number of carbonyl (C=O) groups excluding carboxylic acids is 2. The van der Waals surface area contributed by atoms with Gasteiger partial charge >= 0.3 is 11.6 Å². The number of hydrogen-bond donors (Lipinski definition) is 1. The SMILES string of the molecule is CCOC(=O)c1nn(-c2ccccc2)cc1OCc1cc(=O)oc2cc(NC(C)=O)ccc12. The molecule has 9 heteroatoms. The molecule has 1 N–H and O–H groups in total. The first kappa shape index (κ1) is 21.8. The van der Waals surface area contributed by atoms with Gasteiger partial charge in [-0.15, -0.1) is 0 Å². The molecule has 1 amide bonds. The average molecular weight is 447 g/mol. The summed E-state index contributed by atoms with van der Waals surface area (Å²) < 4.78 is 17.8. The molecule has 0 aliphatic heterocycles. The van der Waals surface area contributed by atoms with E-state index in [-0.39, 0.29) is 30.6 Å². The van der Waals surface area contributed by atoms with Crippen molar-refractivity contribution in [3.63, 3.8) is 0 Å². The predicted octanol–water partition coefficient (Wildman–Crippen LogP) is 3.69. The number of fused-ring (bicyclic) bond motifs is 1. The van der Waals surface area contributed by atoms with Crippen molar-refractivity contribution < 1.29 is 23.5 Å². The van der Waals surface area contributed by atoms with Gasteiger partial charge in [-0.1, -0.05) is 18.2 Å². The standard InChI is InChI=1S/C24H21N3O6/c1-3-31-24(30)23-21(13-27(26-23)18-7-5-4-6-8-18)32-14-16-11-22(29)33-20-12-17(25-15(2)28)9-10-19(16)20/h4-13H,3,14H2,1-2H3,(H,25,28). The van der Waals surface area contributed by atoms with Gasteiger partial charge in [0.15, 0.2) is 5.75 Å². The molecule has 0 bridgehead atoms. The maximum Gasteiger partial charge on any atom is 0.362 e. The second-order valence-corrected chi connectivity index (χ2v) is 7.11. The summed E-state index contributed by atoms with van der Waals surface area (Å²) in [5.74, 6) is -0.633. The minimum atomic E-state index is -0.612. The van der Waals surface area contributed by atoms with Crippen molar-refractivity contribution in [1.82, 2.24) is 9.78 Å². The highest BCUT2D eigenvalue weighted by molar-refractivity contribution is 5.92. The summed E-state index contributed by atoms with van der Waals surface area (Å²) in [6.45, 7) is 3.27. The summed E-state index contributed by atoms with van der Waals surface area (Å²) in [6.07, 6.45) is 1.59. The van der Waals surface area contributed by atoms with Gasteiger partial charge in [-0.05, 0) is 31.2 Å². The molecular formula is C24H21N3O6. The molecule has 168 valence electrons. The van der Waals surface area contributed by atoms with Gasteiger partial charge in [0.1, 0.15) is 12.2 Å². The molecule has 2 aromatic carbocycles. The molecule has 0 spiro atoms. The van der Waals surface area contributed by atoms with Crippen LogP contribution in [0.15, 0.2) is 70.0 Å². The van der Waals surface area contributed by atoms with Gasteiger partial charge in [-0.25, -0.2) is 14.3 Å². The molecule has 4 rings (SSSR count). The molecular weight excluding hydrogens is 426 g/mol. The lowest BCUT2D eigenvalue weighted by Gasteiger charge is -2.09. The minimum absolute atomic E-state index is 0.0194. The minimum Gasteiger partial charge on any atom is -0.485 e. The Morgan fingerprint density at radius 3 is 2.64 bits per heavy atom. The van der Waals surface area contributed by atoms with Gasteiger partial charge in [0.2, 0.25) is 11.6 Å². The summed E-state index contributed by atoms with van der Waals surface area (Å²) in [7, 11) is 0. The van der Waals surface area contributed by atoms with Crippen molar-refractivity contribution in [3.05, 3.63) is 82.5 Å². The molecule has 33 heavy (non-hydrogen) atoms. The normalized spacial score (nSPS) is 10.7. The van der Waals surface area contributed by atoms with Gasteiger partial charge < -0.3 is 19.2 Å². The summed E-state index contributed by atoms with van der Waals surface area (Å²) >= 11 is 0. The van der Waals surface area contributed by atoms with E-state index >= 15 is 0 Å². The molecule has 2 aromatic heterocycles. The molecule has 0 saturated heterocycles. The fraction of sp³-hybridized carbons (Fsp3) is 0.167. The van der Waals surface area contributed by atoms with Gasteiger partial charge in [-0.2, -0.15) is 5.10 Å². The Kier molecular flexibility index (Phi) is 6.21. The zero-order valence-corrected chi connectivity index (χ0v) is 18.0. The number of hydrogen-bond acceptors (Lipinski definition) is 7. The van der Waals surface area contributed by atoms with E-state index in [9.17, 15) is 14.4 Å². The van der Waals surface area contributed by atoms with Gasteiger partial charge in [0.25, 0.3) is 0 Å². The van der Waals surface area contributed by atoms with E-state index < -0.39 is 11.6 Å². The molecule has 9 nitrogen and oxygen atoms in total. The van der Waals surface area contributed by atoms with Crippen LogP contribution in [-0.2, 0) is 16.1 Å². The van der Waals surface area contributed by atoms with Crippen LogP contribution in [0.3, 0.4) is 0 Å². The maximum atomic E-state index is 12.4. The topological polar surface area (TPSA) is 113 Å². The molecule has 0 aliphatic carbocycles. The van der Waals surface area contributed by atoms with E-state index in [2.05, 4.69) is 10.4 Å². The lowest BCUT2D eigenvalue weighted by molar-refractivity contribution is -0.114. The number of esters is 1. The van der Waals surface area contributed by atoms with Crippen LogP contribution in [0.25, 0.3) is 16.7 Å². The lowest BCUT2D eigenvalue weighted by atomic mass is 10.1. The summed E-state index contributed by atoms with van der Waals surface area (Å²) in [5, 5.41) is 7.61. The number of carbonyl (C=O) groups is 2. The Morgan fingerprint density at radius 2 is 1.91 bits per heavy atom. The van der Waals surface area contributed by atoms with Crippen LogP contribution >= 0.6 is 0 Å². The first-order valence-corrected chi connectivity index (χ1v) is 10.2. The Morgan fingerprint density at radius 1 is 1.12 bits per heavy atom. The van der Waals surface area contributed by atoms with E-state index in [1.165, 1.54) is 17.7 Å². The molecule has 0 saturated carbocycles. The number of nitrogens with one attached hydrogen (secondary N) is 1. The highest BCUT2D eigenvalue weighted by Gasteiger charge is 2.21. The monoisotopic (exact) mass is 447 g/mol. The van der Waals surface area contributed by atoms with Crippen LogP contribution in [0.4, 0.5) is 5.69 Å². The number of benzene rings is 2. The van der Waals surface area contributed by atoms with Crippen LogP contribution in [0.2, 0.25) is 0 Å². The molecule has 0 fully saturated rings. The van der Waals surface area contributed by atoms with Crippen molar-refractivity contribution in [3.8, 4) is 11.4 Å². The number of anilines is 1. The van der Waals surface area contributed by atoms with Gasteiger partial charge in [0.05, 0.1) is 18.5 Å². The fourth-order valence-electron chi connectivity index (χ4n) is 3.30. The quantitative estimate of drug-likeness (QED) is 0.340. The Labute approximate surface area is 188 Å². The summed E-state index contributed by atoms with van der Waals surface area (Å²) in [4.78, 5) is 35.8. The van der Waals surface area contributed by atoms with E-state index in [0.717, 1.165) is 5.69 Å². The van der Waals surface area contributed by atoms with Crippen molar-refractivity contribution in [2.24, 2.45) is 0 Å². The Hall–Kier alpha value is -4.40. The van der Waals surface area contributed by atoms with Crippen LogP contribution in [0.1, 0.15) is 29.9 Å². The molecule has 0 unspecified atom stereocenters. The van der Waals surface area contributed by atoms with Gasteiger partial charge in [0, 0.05) is 35.7 Å². The van der Waals surface area contributed by atoms with E-state index in [1.54, 1.807) is 31.3 Å². The molecule has 0 atom stereocenters. The summed E-state index contributed by atoms with van der Waals surface area (Å²) in [6, 6.07) is 15.6. The largest absolute Gasteiger partial charge is 0.485 e. The van der Waals surface area contributed by atoms with E-state index in [1.807, 2.05) is 30.3 Å². The molecule has 4 aromatic rings. The summed E-state index contributed by atoms with van der Waals surface area (Å²) in [5.41, 5.74) is 1.57. The third-order valence-electron chi connectivity index (χ3n) is 4.70. The number of aromatic nitrogens is 2. The van der Waals surface area contributed by atoms with E-state index in [4.69, 9.17) is 13.9 Å². The molecule has 0 aliphatic rings. The van der Waals surface area contributed by atoms with Crippen molar-refractivity contribution in [2.45, 2.75) is 20.5 Å². The third kappa shape index (κ3) is 4.93. The highest BCUT2D eigenvalue weighted by Crippen LogP contribution is 2.25.